The van der Waals surface area contributed by atoms with Gasteiger partial charge in [0.15, 0.2) is 6.23 Å². The Hall–Kier alpha value is -1.68. The van der Waals surface area contributed by atoms with E-state index >= 15 is 0 Å². The molecule has 0 radical (unpaired) electrons. The van der Waals surface area contributed by atoms with E-state index in [1.807, 2.05) is 55.6 Å². The molecule has 3 heteroatoms. The van der Waals surface area contributed by atoms with Gasteiger partial charge < -0.3 is 4.74 Å². The number of rotatable bonds is 2. The highest BCUT2D eigenvalue weighted by Crippen LogP contribution is 2.32. The maximum Gasteiger partial charge on any atom is 0.158 e. The van der Waals surface area contributed by atoms with Gasteiger partial charge in [-0.1, -0.05) is 60.7 Å². The first-order valence-corrected chi connectivity index (χ1v) is 6.46. The summed E-state index contributed by atoms with van der Waals surface area (Å²) in [7, 11) is 1.91. The Morgan fingerprint density at radius 1 is 0.895 bits per heavy atom. The molecule has 1 aliphatic rings. The van der Waals surface area contributed by atoms with Crippen LogP contribution in [-0.2, 0) is 9.57 Å². The number of hydroxylamine groups is 2. The van der Waals surface area contributed by atoms with Crippen LogP contribution in [0, 0.1) is 0 Å². The molecule has 1 heterocycles. The van der Waals surface area contributed by atoms with Crippen LogP contribution in [0.2, 0.25) is 0 Å². The summed E-state index contributed by atoms with van der Waals surface area (Å²) >= 11 is 0. The zero-order chi connectivity index (χ0) is 13.1. The number of hydrogen-bond donors (Lipinski definition) is 0. The van der Waals surface area contributed by atoms with Gasteiger partial charge in [0.05, 0.1) is 6.61 Å². The maximum absolute atomic E-state index is 5.95. The summed E-state index contributed by atoms with van der Waals surface area (Å²) in [6.45, 7) is 0.563. The second-order valence-electron chi connectivity index (χ2n) is 4.65. The topological polar surface area (TPSA) is 21.7 Å². The molecule has 2 aromatic carbocycles. The molecular formula is C16H17NO2. The van der Waals surface area contributed by atoms with E-state index in [0.29, 0.717) is 6.61 Å². The molecule has 0 bridgehead atoms. The first kappa shape index (κ1) is 12.4. The van der Waals surface area contributed by atoms with E-state index in [1.54, 1.807) is 5.06 Å². The predicted octanol–water partition coefficient (Wildman–Crippen LogP) is 3.32. The molecule has 2 atom stereocenters. The third-order valence-electron chi connectivity index (χ3n) is 3.29. The highest BCUT2D eigenvalue weighted by molar-refractivity contribution is 5.19. The van der Waals surface area contributed by atoms with Gasteiger partial charge in [0.25, 0.3) is 0 Å². The van der Waals surface area contributed by atoms with Crippen LogP contribution < -0.4 is 0 Å². The van der Waals surface area contributed by atoms with Crippen molar-refractivity contribution >= 4 is 0 Å². The lowest BCUT2D eigenvalue weighted by Crippen LogP contribution is -2.36. The molecule has 3 rings (SSSR count). The Balaban J connectivity index is 1.73. The van der Waals surface area contributed by atoms with Crippen molar-refractivity contribution in [2.24, 2.45) is 0 Å². The third-order valence-corrected chi connectivity index (χ3v) is 3.29. The first-order valence-electron chi connectivity index (χ1n) is 6.46. The lowest BCUT2D eigenvalue weighted by molar-refractivity contribution is -0.326. The second kappa shape index (κ2) is 5.53. The Kier molecular flexibility index (Phi) is 3.60. The fourth-order valence-electron chi connectivity index (χ4n) is 2.32. The average molecular weight is 255 g/mol. The molecule has 0 aliphatic carbocycles. The summed E-state index contributed by atoms with van der Waals surface area (Å²) in [6.07, 6.45) is -0.174. The van der Waals surface area contributed by atoms with E-state index in [0.717, 1.165) is 11.1 Å². The van der Waals surface area contributed by atoms with Crippen molar-refractivity contribution in [2.45, 2.75) is 12.3 Å². The first-order chi connectivity index (χ1) is 9.34. The minimum Gasteiger partial charge on any atom is -0.354 e. The number of hydrogen-bond acceptors (Lipinski definition) is 3. The van der Waals surface area contributed by atoms with Gasteiger partial charge in [-0.3, -0.25) is 4.84 Å². The highest BCUT2D eigenvalue weighted by atomic mass is 16.7. The molecule has 1 fully saturated rings. The third kappa shape index (κ3) is 2.68. The summed E-state index contributed by atoms with van der Waals surface area (Å²) in [5.74, 6) is 0. The van der Waals surface area contributed by atoms with Crippen molar-refractivity contribution in [3.63, 3.8) is 0 Å². The van der Waals surface area contributed by atoms with Crippen LogP contribution in [0.25, 0.3) is 0 Å². The fraction of sp³-hybridized carbons (Fsp3) is 0.250. The quantitative estimate of drug-likeness (QED) is 0.821. The fourth-order valence-corrected chi connectivity index (χ4v) is 2.32. The molecule has 0 spiro atoms. The summed E-state index contributed by atoms with van der Waals surface area (Å²) in [5.41, 5.74) is 2.25. The lowest BCUT2D eigenvalue weighted by atomic mass is 10.1. The Morgan fingerprint density at radius 3 is 2.05 bits per heavy atom. The number of benzene rings is 2. The van der Waals surface area contributed by atoms with E-state index < -0.39 is 0 Å². The van der Waals surface area contributed by atoms with Crippen molar-refractivity contribution in [1.29, 1.82) is 0 Å². The second-order valence-corrected chi connectivity index (χ2v) is 4.65. The zero-order valence-electron chi connectivity index (χ0n) is 10.9. The van der Waals surface area contributed by atoms with Crippen LogP contribution in [0.3, 0.4) is 0 Å². The van der Waals surface area contributed by atoms with Gasteiger partial charge in [0.1, 0.15) is 6.10 Å². The van der Waals surface area contributed by atoms with E-state index in [9.17, 15) is 0 Å². The van der Waals surface area contributed by atoms with Crippen LogP contribution in [0.4, 0.5) is 0 Å². The molecule has 0 unspecified atom stereocenters. The summed E-state index contributed by atoms with van der Waals surface area (Å²) in [4.78, 5) is 5.95. The lowest BCUT2D eigenvalue weighted by Gasteiger charge is -2.36. The van der Waals surface area contributed by atoms with Gasteiger partial charge in [-0.25, -0.2) is 0 Å². The van der Waals surface area contributed by atoms with E-state index in [1.165, 1.54) is 0 Å². The van der Waals surface area contributed by atoms with Crippen molar-refractivity contribution in [3.05, 3.63) is 71.8 Å². The summed E-state index contributed by atoms with van der Waals surface area (Å²) < 4.78 is 5.94. The van der Waals surface area contributed by atoms with E-state index in [4.69, 9.17) is 9.57 Å². The van der Waals surface area contributed by atoms with Crippen LogP contribution >= 0.6 is 0 Å². The SMILES string of the molecule is CN1O[C@H](c2ccccc2)CO[C@H]1c1ccccc1. The molecular weight excluding hydrogens is 238 g/mol. The van der Waals surface area contributed by atoms with Crippen molar-refractivity contribution in [3.8, 4) is 0 Å². The smallest absolute Gasteiger partial charge is 0.158 e. The van der Waals surface area contributed by atoms with E-state index in [-0.39, 0.29) is 12.3 Å². The van der Waals surface area contributed by atoms with Crippen LogP contribution in [0.5, 0.6) is 0 Å². The molecule has 0 aromatic heterocycles. The number of ether oxygens (including phenoxy) is 1. The molecule has 2 aromatic rings. The molecule has 19 heavy (non-hydrogen) atoms. The molecule has 0 N–H and O–H groups in total. The Morgan fingerprint density at radius 2 is 1.47 bits per heavy atom. The van der Waals surface area contributed by atoms with E-state index in [2.05, 4.69) is 12.1 Å². The molecule has 0 amide bonds. The summed E-state index contributed by atoms with van der Waals surface area (Å²) in [5, 5.41) is 1.79. The number of nitrogens with zero attached hydrogens (tertiary/aromatic N) is 1. The van der Waals surface area contributed by atoms with Gasteiger partial charge in [-0.2, -0.15) is 5.06 Å². The van der Waals surface area contributed by atoms with Gasteiger partial charge in [-0.15, -0.1) is 0 Å². The van der Waals surface area contributed by atoms with Crippen molar-refractivity contribution < 1.29 is 9.57 Å². The molecule has 0 saturated carbocycles. The van der Waals surface area contributed by atoms with Gasteiger partial charge >= 0.3 is 0 Å². The van der Waals surface area contributed by atoms with Crippen molar-refractivity contribution in [1.82, 2.24) is 5.06 Å². The highest BCUT2D eigenvalue weighted by Gasteiger charge is 2.29. The summed E-state index contributed by atoms with van der Waals surface area (Å²) in [6, 6.07) is 20.3. The Labute approximate surface area is 113 Å². The predicted molar refractivity (Wildman–Crippen MR) is 73.2 cm³/mol. The van der Waals surface area contributed by atoms with Gasteiger partial charge in [0.2, 0.25) is 0 Å². The molecule has 1 saturated heterocycles. The molecule has 1 aliphatic heterocycles. The maximum atomic E-state index is 5.95. The minimum absolute atomic E-state index is 0.0360. The van der Waals surface area contributed by atoms with Crippen molar-refractivity contribution in [2.75, 3.05) is 13.7 Å². The molecule has 3 nitrogen and oxygen atoms in total. The van der Waals surface area contributed by atoms with Crippen LogP contribution in [0.1, 0.15) is 23.5 Å². The Bertz CT molecular complexity index is 515. The minimum atomic E-state index is -0.138. The largest absolute Gasteiger partial charge is 0.354 e. The van der Waals surface area contributed by atoms with Gasteiger partial charge in [0, 0.05) is 7.05 Å². The standard InChI is InChI=1S/C16H17NO2/c1-17-16(14-10-6-3-7-11-14)18-12-15(19-17)13-8-4-2-5-9-13/h2-11,15-16H,12H2,1H3/t15-,16-/m0/s1. The van der Waals surface area contributed by atoms with Gasteiger partial charge in [-0.05, 0) is 11.1 Å². The zero-order valence-corrected chi connectivity index (χ0v) is 10.9. The monoisotopic (exact) mass is 255 g/mol. The van der Waals surface area contributed by atoms with Crippen LogP contribution in [-0.4, -0.2) is 18.7 Å². The average Bonchev–Trinajstić information content (AvgIpc) is 2.49. The van der Waals surface area contributed by atoms with Crippen LogP contribution in [0.15, 0.2) is 60.7 Å². The molecule has 98 valence electrons. The normalized spacial score (nSPS) is 24.3.